The second kappa shape index (κ2) is 4.57. The molecule has 0 spiro atoms. The number of hydrogen-bond acceptors (Lipinski definition) is 4. The lowest BCUT2D eigenvalue weighted by Crippen LogP contribution is -2.44. The molecule has 0 radical (unpaired) electrons. The third-order valence-electron chi connectivity index (χ3n) is 2.09. The van der Waals surface area contributed by atoms with Crippen molar-refractivity contribution in [3.63, 3.8) is 0 Å². The number of anilines is 1. The predicted octanol–water partition coefficient (Wildman–Crippen LogP) is 1.21. The van der Waals surface area contributed by atoms with Crippen LogP contribution in [0.2, 0.25) is 0 Å². The summed E-state index contributed by atoms with van der Waals surface area (Å²) in [5, 5.41) is 0. The van der Waals surface area contributed by atoms with Crippen LogP contribution in [0.15, 0.2) is 12.4 Å². The van der Waals surface area contributed by atoms with Crippen LogP contribution in [0.1, 0.15) is 26.3 Å². The highest BCUT2D eigenvalue weighted by atomic mass is 15.2. The van der Waals surface area contributed by atoms with Crippen molar-refractivity contribution in [3.05, 3.63) is 18.0 Å². The zero-order valence-corrected chi connectivity index (χ0v) is 9.99. The average molecular weight is 208 g/mol. The Kier molecular flexibility index (Phi) is 3.63. The first-order valence-electron chi connectivity index (χ1n) is 5.23. The van der Waals surface area contributed by atoms with Gasteiger partial charge < -0.3 is 10.6 Å². The second-order valence-electron chi connectivity index (χ2n) is 4.59. The molecule has 4 nitrogen and oxygen atoms in total. The monoisotopic (exact) mass is 208 g/mol. The molecule has 15 heavy (non-hydrogen) atoms. The van der Waals surface area contributed by atoms with Gasteiger partial charge in [0, 0.05) is 31.5 Å². The third kappa shape index (κ3) is 3.83. The molecule has 0 amide bonds. The standard InChI is InChI=1S/C11H20N4/c1-5-9-6-13-10(14-7-9)15(4)8-11(2,3)12/h6-7H,5,8,12H2,1-4H3. The van der Waals surface area contributed by atoms with Crippen molar-refractivity contribution in [2.24, 2.45) is 5.73 Å². The van der Waals surface area contributed by atoms with E-state index in [9.17, 15) is 0 Å². The van der Waals surface area contributed by atoms with E-state index in [2.05, 4.69) is 16.9 Å². The van der Waals surface area contributed by atoms with Crippen LogP contribution in [0.4, 0.5) is 5.95 Å². The Labute approximate surface area is 91.5 Å². The molecule has 1 heterocycles. The van der Waals surface area contributed by atoms with E-state index in [4.69, 9.17) is 5.73 Å². The molecule has 0 atom stereocenters. The Morgan fingerprint density at radius 3 is 2.27 bits per heavy atom. The van der Waals surface area contributed by atoms with Crippen molar-refractivity contribution in [3.8, 4) is 0 Å². The van der Waals surface area contributed by atoms with Gasteiger partial charge in [-0.2, -0.15) is 0 Å². The van der Waals surface area contributed by atoms with Gasteiger partial charge in [-0.05, 0) is 25.8 Å². The highest BCUT2D eigenvalue weighted by molar-refractivity contribution is 5.29. The molecule has 0 aliphatic rings. The fraction of sp³-hybridized carbons (Fsp3) is 0.636. The van der Waals surface area contributed by atoms with Gasteiger partial charge in [-0.25, -0.2) is 9.97 Å². The summed E-state index contributed by atoms with van der Waals surface area (Å²) >= 11 is 0. The molecule has 0 aliphatic heterocycles. The minimum atomic E-state index is -0.235. The normalized spacial score (nSPS) is 11.5. The van der Waals surface area contributed by atoms with E-state index < -0.39 is 0 Å². The van der Waals surface area contributed by atoms with Crippen molar-refractivity contribution in [2.45, 2.75) is 32.7 Å². The fourth-order valence-electron chi connectivity index (χ4n) is 1.41. The Hall–Kier alpha value is -1.16. The Balaban J connectivity index is 2.70. The molecule has 1 aromatic heterocycles. The van der Waals surface area contributed by atoms with Crippen molar-refractivity contribution < 1.29 is 0 Å². The zero-order chi connectivity index (χ0) is 11.5. The van der Waals surface area contributed by atoms with Crippen LogP contribution in [0.25, 0.3) is 0 Å². The van der Waals surface area contributed by atoms with Gasteiger partial charge in [-0.3, -0.25) is 0 Å². The summed E-state index contributed by atoms with van der Waals surface area (Å²) < 4.78 is 0. The second-order valence-corrected chi connectivity index (χ2v) is 4.59. The summed E-state index contributed by atoms with van der Waals surface area (Å²) in [7, 11) is 1.95. The van der Waals surface area contributed by atoms with Crippen molar-refractivity contribution >= 4 is 5.95 Å². The maximum atomic E-state index is 5.93. The molecule has 1 rings (SSSR count). The molecule has 0 aliphatic carbocycles. The minimum absolute atomic E-state index is 0.235. The molecule has 0 unspecified atom stereocenters. The minimum Gasteiger partial charge on any atom is -0.342 e. The largest absolute Gasteiger partial charge is 0.342 e. The molecule has 84 valence electrons. The lowest BCUT2D eigenvalue weighted by molar-refractivity contribution is 0.515. The summed E-state index contributed by atoms with van der Waals surface area (Å²) in [5.41, 5.74) is 6.85. The number of likely N-dealkylation sites (N-methyl/N-ethyl adjacent to an activating group) is 1. The highest BCUT2D eigenvalue weighted by Gasteiger charge is 2.15. The maximum absolute atomic E-state index is 5.93. The predicted molar refractivity (Wildman–Crippen MR) is 62.9 cm³/mol. The maximum Gasteiger partial charge on any atom is 0.225 e. The number of nitrogens with zero attached hydrogens (tertiary/aromatic N) is 3. The Bertz CT molecular complexity index is 299. The van der Waals surface area contributed by atoms with E-state index in [0.29, 0.717) is 0 Å². The summed E-state index contributed by atoms with van der Waals surface area (Å²) in [6.45, 7) is 6.80. The molecule has 0 fully saturated rings. The molecule has 0 bridgehead atoms. The van der Waals surface area contributed by atoms with Crippen LogP contribution in [-0.4, -0.2) is 29.1 Å². The average Bonchev–Trinajstić information content (AvgIpc) is 2.15. The number of nitrogens with two attached hydrogens (primary N) is 1. The van der Waals surface area contributed by atoms with Gasteiger partial charge in [0.25, 0.3) is 0 Å². The van der Waals surface area contributed by atoms with Gasteiger partial charge in [-0.15, -0.1) is 0 Å². The molecule has 2 N–H and O–H groups in total. The fourth-order valence-corrected chi connectivity index (χ4v) is 1.41. The molecule has 0 saturated heterocycles. The Morgan fingerprint density at radius 1 is 1.33 bits per heavy atom. The van der Waals surface area contributed by atoms with E-state index >= 15 is 0 Å². The van der Waals surface area contributed by atoms with E-state index in [-0.39, 0.29) is 5.54 Å². The lowest BCUT2D eigenvalue weighted by Gasteiger charge is -2.26. The van der Waals surface area contributed by atoms with Crippen LogP contribution in [0, 0.1) is 0 Å². The van der Waals surface area contributed by atoms with Crippen LogP contribution in [0.3, 0.4) is 0 Å². The van der Waals surface area contributed by atoms with Gasteiger partial charge >= 0.3 is 0 Å². The van der Waals surface area contributed by atoms with Gasteiger partial charge in [0.1, 0.15) is 0 Å². The summed E-state index contributed by atoms with van der Waals surface area (Å²) in [5.74, 6) is 0.728. The summed E-state index contributed by atoms with van der Waals surface area (Å²) in [6.07, 6.45) is 4.69. The van der Waals surface area contributed by atoms with Crippen LogP contribution in [-0.2, 0) is 6.42 Å². The van der Waals surface area contributed by atoms with Crippen molar-refractivity contribution in [1.29, 1.82) is 0 Å². The molecule has 1 aromatic rings. The first kappa shape index (κ1) is 11.9. The first-order valence-corrected chi connectivity index (χ1v) is 5.23. The van der Waals surface area contributed by atoms with Crippen LogP contribution in [0.5, 0.6) is 0 Å². The van der Waals surface area contributed by atoms with Gasteiger partial charge in [0.2, 0.25) is 5.95 Å². The van der Waals surface area contributed by atoms with Crippen molar-refractivity contribution in [2.75, 3.05) is 18.5 Å². The summed E-state index contributed by atoms with van der Waals surface area (Å²) in [4.78, 5) is 10.6. The Morgan fingerprint density at radius 2 is 1.87 bits per heavy atom. The topological polar surface area (TPSA) is 55.0 Å². The molecule has 4 heteroatoms. The first-order chi connectivity index (χ1) is 6.92. The van der Waals surface area contributed by atoms with Crippen molar-refractivity contribution in [1.82, 2.24) is 9.97 Å². The number of aryl methyl sites for hydroxylation is 1. The quantitative estimate of drug-likeness (QED) is 0.808. The highest BCUT2D eigenvalue weighted by Crippen LogP contribution is 2.08. The van der Waals surface area contributed by atoms with Gasteiger partial charge in [0.15, 0.2) is 0 Å². The van der Waals surface area contributed by atoms with Gasteiger partial charge in [0.05, 0.1) is 0 Å². The molecular weight excluding hydrogens is 188 g/mol. The van der Waals surface area contributed by atoms with Gasteiger partial charge in [-0.1, -0.05) is 6.92 Å². The number of rotatable bonds is 4. The third-order valence-corrected chi connectivity index (χ3v) is 2.09. The van der Waals surface area contributed by atoms with Crippen LogP contribution < -0.4 is 10.6 Å². The smallest absolute Gasteiger partial charge is 0.225 e. The van der Waals surface area contributed by atoms with E-state index in [0.717, 1.165) is 24.5 Å². The van der Waals surface area contributed by atoms with Crippen LogP contribution >= 0.6 is 0 Å². The molecule has 0 aromatic carbocycles. The van der Waals surface area contributed by atoms with E-state index in [1.54, 1.807) is 0 Å². The SMILES string of the molecule is CCc1cnc(N(C)CC(C)(C)N)nc1. The molecule has 0 saturated carbocycles. The van der Waals surface area contributed by atoms with E-state index in [1.807, 2.05) is 38.2 Å². The lowest BCUT2D eigenvalue weighted by atomic mass is 10.1. The number of aromatic nitrogens is 2. The zero-order valence-electron chi connectivity index (χ0n) is 9.99. The molecular formula is C11H20N4. The van der Waals surface area contributed by atoms with E-state index in [1.165, 1.54) is 0 Å². The summed E-state index contributed by atoms with van der Waals surface area (Å²) in [6, 6.07) is 0. The number of hydrogen-bond donors (Lipinski definition) is 1.